The highest BCUT2D eigenvalue weighted by Gasteiger charge is 2.55. The van der Waals surface area contributed by atoms with Crippen LogP contribution in [0.1, 0.15) is 85.5 Å². The largest absolute Gasteiger partial charge is 0.0654 e. The van der Waals surface area contributed by atoms with Gasteiger partial charge in [-0.2, -0.15) is 0 Å². The molecule has 3 saturated carbocycles. The van der Waals surface area contributed by atoms with Crippen molar-refractivity contribution < 1.29 is 0 Å². The summed E-state index contributed by atoms with van der Waals surface area (Å²) >= 11 is 0. The summed E-state index contributed by atoms with van der Waals surface area (Å²) < 4.78 is 0. The second-order valence-corrected chi connectivity index (χ2v) is 9.84. The SMILES string of the molecule is CCCC1CCC2C3=CC=C4CC(C)CCC4(C)C3CCC12C. The van der Waals surface area contributed by atoms with E-state index in [1.165, 1.54) is 57.8 Å². The molecule has 3 fully saturated rings. The molecule has 23 heavy (non-hydrogen) atoms. The predicted octanol–water partition coefficient (Wildman–Crippen LogP) is 6.92. The van der Waals surface area contributed by atoms with E-state index in [0.717, 1.165) is 23.7 Å². The van der Waals surface area contributed by atoms with Crippen molar-refractivity contribution >= 4 is 0 Å². The van der Waals surface area contributed by atoms with Crippen molar-refractivity contribution in [2.24, 2.45) is 34.5 Å². The van der Waals surface area contributed by atoms with E-state index in [1.54, 1.807) is 5.57 Å². The second kappa shape index (κ2) is 5.50. The average molecular weight is 313 g/mol. The quantitative estimate of drug-likeness (QED) is 0.519. The van der Waals surface area contributed by atoms with Gasteiger partial charge in [0, 0.05) is 0 Å². The van der Waals surface area contributed by atoms with Crippen molar-refractivity contribution in [2.45, 2.75) is 85.5 Å². The Balaban J connectivity index is 1.68. The van der Waals surface area contributed by atoms with Gasteiger partial charge < -0.3 is 0 Å². The summed E-state index contributed by atoms with van der Waals surface area (Å²) in [6.45, 7) is 10.1. The standard InChI is InChI=1S/C23H36/c1-5-6-17-8-10-20-19-9-7-18-15-16(2)11-13-23(18,4)21(19)12-14-22(17,20)3/h7,9,16-17,20-21H,5-6,8,10-15H2,1-4H3. The molecule has 0 spiro atoms. The van der Waals surface area contributed by atoms with Crippen LogP contribution < -0.4 is 0 Å². The average Bonchev–Trinajstić information content (AvgIpc) is 2.85. The first-order valence-corrected chi connectivity index (χ1v) is 10.4. The van der Waals surface area contributed by atoms with E-state index in [0.29, 0.717) is 10.8 Å². The number of allylic oxidation sites excluding steroid dienone is 4. The van der Waals surface area contributed by atoms with E-state index in [2.05, 4.69) is 39.8 Å². The summed E-state index contributed by atoms with van der Waals surface area (Å²) in [6, 6.07) is 0. The highest BCUT2D eigenvalue weighted by Crippen LogP contribution is 2.65. The van der Waals surface area contributed by atoms with Gasteiger partial charge >= 0.3 is 0 Å². The molecule has 4 aliphatic rings. The molecule has 0 aromatic carbocycles. The Bertz CT molecular complexity index is 538. The fraction of sp³-hybridized carbons (Fsp3) is 0.826. The van der Waals surface area contributed by atoms with Crippen LogP contribution in [-0.4, -0.2) is 0 Å². The molecular weight excluding hydrogens is 276 g/mol. The lowest BCUT2D eigenvalue weighted by Crippen LogP contribution is -2.45. The molecule has 0 aromatic heterocycles. The maximum Gasteiger partial charge on any atom is -0.00474 e. The molecule has 0 nitrogen and oxygen atoms in total. The number of fused-ring (bicyclic) bond motifs is 5. The summed E-state index contributed by atoms with van der Waals surface area (Å²) in [5.74, 6) is 3.66. The molecule has 6 atom stereocenters. The van der Waals surface area contributed by atoms with Crippen molar-refractivity contribution in [1.29, 1.82) is 0 Å². The van der Waals surface area contributed by atoms with Gasteiger partial charge in [-0.15, -0.1) is 0 Å². The zero-order valence-corrected chi connectivity index (χ0v) is 15.8. The van der Waals surface area contributed by atoms with Crippen molar-refractivity contribution in [3.05, 3.63) is 23.3 Å². The fourth-order valence-electron chi connectivity index (χ4n) is 7.11. The molecule has 0 radical (unpaired) electrons. The molecule has 4 rings (SSSR count). The number of hydrogen-bond donors (Lipinski definition) is 0. The molecule has 6 unspecified atom stereocenters. The maximum absolute atomic E-state index is 2.65. The summed E-state index contributed by atoms with van der Waals surface area (Å²) in [5, 5.41) is 0. The number of hydrogen-bond acceptors (Lipinski definition) is 0. The highest BCUT2D eigenvalue weighted by atomic mass is 14.6. The Hall–Kier alpha value is -0.520. The van der Waals surface area contributed by atoms with Crippen LogP contribution in [0.15, 0.2) is 23.3 Å². The first-order valence-electron chi connectivity index (χ1n) is 10.4. The molecule has 0 N–H and O–H groups in total. The smallest absolute Gasteiger partial charge is 0.00474 e. The lowest BCUT2D eigenvalue weighted by molar-refractivity contribution is 0.0620. The van der Waals surface area contributed by atoms with Crippen molar-refractivity contribution in [1.82, 2.24) is 0 Å². The van der Waals surface area contributed by atoms with Gasteiger partial charge in [-0.3, -0.25) is 0 Å². The molecule has 0 heterocycles. The predicted molar refractivity (Wildman–Crippen MR) is 99.2 cm³/mol. The molecule has 0 bridgehead atoms. The molecule has 0 heteroatoms. The molecule has 4 aliphatic carbocycles. The van der Waals surface area contributed by atoms with E-state index in [4.69, 9.17) is 0 Å². The molecule has 0 amide bonds. The van der Waals surface area contributed by atoms with Crippen LogP contribution in [0.4, 0.5) is 0 Å². The Kier molecular flexibility index (Phi) is 3.82. The number of rotatable bonds is 2. The lowest BCUT2D eigenvalue weighted by atomic mass is 9.50. The Morgan fingerprint density at radius 3 is 2.61 bits per heavy atom. The van der Waals surface area contributed by atoms with Gasteiger partial charge in [-0.05, 0) is 79.4 Å². The maximum atomic E-state index is 2.65. The van der Waals surface area contributed by atoms with Gasteiger partial charge in [0.05, 0.1) is 0 Å². The van der Waals surface area contributed by atoms with Gasteiger partial charge in [-0.25, -0.2) is 0 Å². The Morgan fingerprint density at radius 1 is 1.00 bits per heavy atom. The summed E-state index contributed by atoms with van der Waals surface area (Å²) in [7, 11) is 0. The van der Waals surface area contributed by atoms with E-state index in [9.17, 15) is 0 Å². The minimum absolute atomic E-state index is 0.501. The van der Waals surface area contributed by atoms with Gasteiger partial charge in [0.25, 0.3) is 0 Å². The zero-order valence-electron chi connectivity index (χ0n) is 15.8. The normalized spacial score (nSPS) is 48.9. The summed E-state index contributed by atoms with van der Waals surface area (Å²) in [6.07, 6.45) is 18.2. The molecule has 128 valence electrons. The zero-order chi connectivity index (χ0) is 16.2. The molecule has 0 saturated heterocycles. The van der Waals surface area contributed by atoms with Crippen LogP contribution in [0.3, 0.4) is 0 Å². The Morgan fingerprint density at radius 2 is 1.83 bits per heavy atom. The van der Waals surface area contributed by atoms with Crippen LogP contribution in [-0.2, 0) is 0 Å². The molecule has 0 aliphatic heterocycles. The monoisotopic (exact) mass is 312 g/mol. The van der Waals surface area contributed by atoms with Crippen molar-refractivity contribution in [2.75, 3.05) is 0 Å². The van der Waals surface area contributed by atoms with Crippen LogP contribution in [0.2, 0.25) is 0 Å². The third-order valence-electron chi connectivity index (χ3n) is 8.65. The summed E-state index contributed by atoms with van der Waals surface area (Å²) in [5.41, 5.74) is 4.78. The third kappa shape index (κ3) is 2.23. The van der Waals surface area contributed by atoms with E-state index in [-0.39, 0.29) is 0 Å². The first kappa shape index (κ1) is 16.0. The molecular formula is C23H36. The minimum atomic E-state index is 0.501. The fourth-order valence-corrected chi connectivity index (χ4v) is 7.11. The van der Waals surface area contributed by atoms with Crippen molar-refractivity contribution in [3.63, 3.8) is 0 Å². The van der Waals surface area contributed by atoms with E-state index < -0.39 is 0 Å². The van der Waals surface area contributed by atoms with Crippen LogP contribution >= 0.6 is 0 Å². The lowest BCUT2D eigenvalue weighted by Gasteiger charge is -2.55. The van der Waals surface area contributed by atoms with Gasteiger partial charge in [0.2, 0.25) is 0 Å². The van der Waals surface area contributed by atoms with Crippen LogP contribution in [0.25, 0.3) is 0 Å². The molecule has 0 aromatic rings. The minimum Gasteiger partial charge on any atom is -0.0654 e. The second-order valence-electron chi connectivity index (χ2n) is 9.84. The van der Waals surface area contributed by atoms with Gasteiger partial charge in [0.1, 0.15) is 0 Å². The summed E-state index contributed by atoms with van der Waals surface area (Å²) in [4.78, 5) is 0. The first-order chi connectivity index (χ1) is 11.0. The van der Waals surface area contributed by atoms with E-state index >= 15 is 0 Å². The van der Waals surface area contributed by atoms with Gasteiger partial charge in [-0.1, -0.05) is 63.8 Å². The van der Waals surface area contributed by atoms with Crippen LogP contribution in [0.5, 0.6) is 0 Å². The highest BCUT2D eigenvalue weighted by molar-refractivity contribution is 5.38. The third-order valence-corrected chi connectivity index (χ3v) is 8.65. The Labute approximate surface area is 143 Å². The topological polar surface area (TPSA) is 0 Å². The van der Waals surface area contributed by atoms with Crippen LogP contribution in [0, 0.1) is 34.5 Å². The van der Waals surface area contributed by atoms with E-state index in [1.807, 2.05) is 5.57 Å². The van der Waals surface area contributed by atoms with Gasteiger partial charge in [0.15, 0.2) is 0 Å². The van der Waals surface area contributed by atoms with Crippen molar-refractivity contribution in [3.8, 4) is 0 Å².